The third-order valence-corrected chi connectivity index (χ3v) is 2.52. The first-order chi connectivity index (χ1) is 8.13. The number of hydrogen-bond acceptors (Lipinski definition) is 4. The van der Waals surface area contributed by atoms with Crippen LogP contribution in [0.2, 0.25) is 0 Å². The second-order valence-corrected chi connectivity index (χ2v) is 4.30. The summed E-state index contributed by atoms with van der Waals surface area (Å²) in [6.07, 6.45) is -0.443. The molecule has 4 nitrogen and oxygen atoms in total. The molecule has 0 aliphatic heterocycles. The van der Waals surface area contributed by atoms with Gasteiger partial charge in [0.1, 0.15) is 0 Å². The molecule has 1 unspecified atom stereocenters. The van der Waals surface area contributed by atoms with Crippen LogP contribution in [0.4, 0.5) is 5.69 Å². The Hall–Kier alpha value is -1.10. The first kappa shape index (κ1) is 14.0. The van der Waals surface area contributed by atoms with Crippen molar-refractivity contribution in [1.82, 2.24) is 5.32 Å². The van der Waals surface area contributed by atoms with Gasteiger partial charge in [-0.2, -0.15) is 0 Å². The number of rotatable bonds is 7. The van der Waals surface area contributed by atoms with Crippen LogP contribution in [-0.2, 0) is 11.3 Å². The van der Waals surface area contributed by atoms with E-state index >= 15 is 0 Å². The summed E-state index contributed by atoms with van der Waals surface area (Å²) in [5.41, 5.74) is 2.40. The van der Waals surface area contributed by atoms with Gasteiger partial charge in [0.2, 0.25) is 0 Å². The minimum absolute atomic E-state index is 0.368. The van der Waals surface area contributed by atoms with Gasteiger partial charge in [-0.05, 0) is 17.7 Å². The van der Waals surface area contributed by atoms with Crippen LogP contribution in [-0.4, -0.2) is 45.6 Å². The maximum atomic E-state index is 9.45. The molecule has 2 N–H and O–H groups in total. The van der Waals surface area contributed by atoms with Crippen LogP contribution >= 0.6 is 0 Å². The topological polar surface area (TPSA) is 44.7 Å². The lowest BCUT2D eigenvalue weighted by Crippen LogP contribution is -2.29. The van der Waals surface area contributed by atoms with E-state index in [9.17, 15) is 5.11 Å². The third-order valence-electron chi connectivity index (χ3n) is 2.52. The van der Waals surface area contributed by atoms with Crippen molar-refractivity contribution < 1.29 is 9.84 Å². The molecule has 1 rings (SSSR count). The number of nitrogens with one attached hydrogen (secondary N) is 1. The van der Waals surface area contributed by atoms with Crippen molar-refractivity contribution >= 4 is 5.69 Å². The summed E-state index contributed by atoms with van der Waals surface area (Å²) in [6.45, 7) is 1.67. The van der Waals surface area contributed by atoms with Gasteiger partial charge < -0.3 is 20.1 Å². The Bertz CT molecular complexity index is 312. The zero-order chi connectivity index (χ0) is 12.7. The summed E-state index contributed by atoms with van der Waals surface area (Å²) in [4.78, 5) is 2.07. The van der Waals surface area contributed by atoms with E-state index in [4.69, 9.17) is 4.74 Å². The molecule has 0 heterocycles. The van der Waals surface area contributed by atoms with Crippen LogP contribution in [0, 0.1) is 0 Å². The first-order valence-electron chi connectivity index (χ1n) is 5.77. The highest BCUT2D eigenvalue weighted by Crippen LogP contribution is 2.11. The molecular formula is C13H22N2O2. The Morgan fingerprint density at radius 1 is 1.29 bits per heavy atom. The molecule has 0 aliphatic carbocycles. The fourth-order valence-corrected chi connectivity index (χ4v) is 1.55. The molecule has 0 aliphatic rings. The van der Waals surface area contributed by atoms with Gasteiger partial charge in [0.15, 0.2) is 0 Å². The zero-order valence-corrected chi connectivity index (χ0v) is 10.8. The molecule has 0 aromatic heterocycles. The zero-order valence-electron chi connectivity index (χ0n) is 10.8. The van der Waals surface area contributed by atoms with Crippen LogP contribution in [0.15, 0.2) is 24.3 Å². The molecule has 1 atom stereocenters. The molecule has 0 amide bonds. The highest BCUT2D eigenvalue weighted by atomic mass is 16.5. The summed E-state index contributed by atoms with van der Waals surface area (Å²) < 4.78 is 4.85. The van der Waals surface area contributed by atoms with Crippen molar-refractivity contribution in [3.05, 3.63) is 29.8 Å². The Balaban J connectivity index is 2.32. The number of anilines is 1. The Kier molecular flexibility index (Phi) is 5.97. The fraction of sp³-hybridized carbons (Fsp3) is 0.538. The second-order valence-electron chi connectivity index (χ2n) is 4.30. The summed E-state index contributed by atoms with van der Waals surface area (Å²) in [5, 5.41) is 12.6. The predicted octanol–water partition coefficient (Wildman–Crippen LogP) is 0.849. The van der Waals surface area contributed by atoms with Gasteiger partial charge in [-0.25, -0.2) is 0 Å². The molecule has 1 aromatic rings. The van der Waals surface area contributed by atoms with E-state index in [1.165, 1.54) is 11.3 Å². The van der Waals surface area contributed by atoms with E-state index in [1.807, 2.05) is 14.1 Å². The van der Waals surface area contributed by atoms with Crippen molar-refractivity contribution in [1.29, 1.82) is 0 Å². The van der Waals surface area contributed by atoms with Crippen LogP contribution in [0.5, 0.6) is 0 Å². The quantitative estimate of drug-likeness (QED) is 0.739. The van der Waals surface area contributed by atoms with Crippen LogP contribution in [0.1, 0.15) is 5.56 Å². The molecule has 0 fully saturated rings. The molecule has 0 radical (unpaired) electrons. The van der Waals surface area contributed by atoms with E-state index in [0.29, 0.717) is 13.2 Å². The number of methoxy groups -OCH3 is 1. The Labute approximate surface area is 103 Å². The summed E-state index contributed by atoms with van der Waals surface area (Å²) >= 11 is 0. The number of benzene rings is 1. The maximum Gasteiger partial charge on any atom is 0.0897 e. The minimum atomic E-state index is -0.443. The molecule has 17 heavy (non-hydrogen) atoms. The van der Waals surface area contributed by atoms with Crippen molar-refractivity contribution in [3.8, 4) is 0 Å². The van der Waals surface area contributed by atoms with E-state index < -0.39 is 6.10 Å². The summed E-state index contributed by atoms with van der Waals surface area (Å²) in [5.74, 6) is 0. The highest BCUT2D eigenvalue weighted by molar-refractivity contribution is 5.45. The molecule has 0 saturated heterocycles. The van der Waals surface area contributed by atoms with Gasteiger partial charge >= 0.3 is 0 Å². The van der Waals surface area contributed by atoms with Crippen molar-refractivity contribution in [3.63, 3.8) is 0 Å². The SMILES string of the molecule is COCC(O)CNCc1ccc(N(C)C)cc1. The van der Waals surface area contributed by atoms with E-state index in [2.05, 4.69) is 34.5 Å². The Morgan fingerprint density at radius 3 is 2.47 bits per heavy atom. The predicted molar refractivity (Wildman–Crippen MR) is 70.4 cm³/mol. The lowest BCUT2D eigenvalue weighted by atomic mass is 10.2. The normalized spacial score (nSPS) is 12.5. The molecule has 0 saturated carbocycles. The van der Waals surface area contributed by atoms with Crippen LogP contribution < -0.4 is 10.2 Å². The highest BCUT2D eigenvalue weighted by Gasteiger charge is 2.02. The number of aliphatic hydroxyl groups is 1. The van der Waals surface area contributed by atoms with Crippen molar-refractivity contribution in [2.24, 2.45) is 0 Å². The number of aliphatic hydroxyl groups excluding tert-OH is 1. The monoisotopic (exact) mass is 238 g/mol. The summed E-state index contributed by atoms with van der Waals surface area (Å²) in [6, 6.07) is 8.35. The molecular weight excluding hydrogens is 216 g/mol. The minimum Gasteiger partial charge on any atom is -0.389 e. The lowest BCUT2D eigenvalue weighted by molar-refractivity contribution is 0.0644. The average Bonchev–Trinajstić information content (AvgIpc) is 2.30. The average molecular weight is 238 g/mol. The van der Waals surface area contributed by atoms with Gasteiger partial charge in [0, 0.05) is 40.0 Å². The van der Waals surface area contributed by atoms with Gasteiger partial charge in [-0.15, -0.1) is 0 Å². The van der Waals surface area contributed by atoms with Crippen LogP contribution in [0.25, 0.3) is 0 Å². The summed E-state index contributed by atoms with van der Waals surface area (Å²) in [7, 11) is 5.63. The Morgan fingerprint density at radius 2 is 1.94 bits per heavy atom. The molecule has 0 bridgehead atoms. The standard InChI is InChI=1S/C13H22N2O2/c1-15(2)12-6-4-11(5-7-12)8-14-9-13(16)10-17-3/h4-7,13-14,16H,8-10H2,1-3H3. The van der Waals surface area contributed by atoms with Crippen LogP contribution in [0.3, 0.4) is 0 Å². The van der Waals surface area contributed by atoms with Gasteiger partial charge in [-0.3, -0.25) is 0 Å². The van der Waals surface area contributed by atoms with Crippen molar-refractivity contribution in [2.45, 2.75) is 12.6 Å². The number of nitrogens with zero attached hydrogens (tertiary/aromatic N) is 1. The van der Waals surface area contributed by atoms with E-state index in [1.54, 1.807) is 7.11 Å². The third kappa shape index (κ3) is 5.17. The fourth-order valence-electron chi connectivity index (χ4n) is 1.55. The molecule has 96 valence electrons. The second kappa shape index (κ2) is 7.27. The number of ether oxygens (including phenoxy) is 1. The first-order valence-corrected chi connectivity index (χ1v) is 5.77. The molecule has 0 spiro atoms. The van der Waals surface area contributed by atoms with E-state index in [0.717, 1.165) is 6.54 Å². The lowest BCUT2D eigenvalue weighted by Gasteiger charge is -2.13. The molecule has 1 aromatic carbocycles. The molecule has 4 heteroatoms. The van der Waals surface area contributed by atoms with Gasteiger partial charge in [-0.1, -0.05) is 12.1 Å². The van der Waals surface area contributed by atoms with Gasteiger partial charge in [0.25, 0.3) is 0 Å². The van der Waals surface area contributed by atoms with E-state index in [-0.39, 0.29) is 0 Å². The smallest absolute Gasteiger partial charge is 0.0897 e. The number of hydrogen-bond donors (Lipinski definition) is 2. The maximum absolute atomic E-state index is 9.45. The van der Waals surface area contributed by atoms with Gasteiger partial charge in [0.05, 0.1) is 12.7 Å². The van der Waals surface area contributed by atoms with Crippen molar-refractivity contribution in [2.75, 3.05) is 39.3 Å². The largest absolute Gasteiger partial charge is 0.389 e.